The smallest absolute Gasteiger partial charge is 0.337 e. The average Bonchev–Trinajstić information content (AvgIpc) is 3.71. The van der Waals surface area contributed by atoms with E-state index in [1.54, 1.807) is 23.5 Å². The Bertz CT molecular complexity index is 1580. The van der Waals surface area contributed by atoms with E-state index in [2.05, 4.69) is 15.6 Å². The molecule has 1 aromatic heterocycles. The van der Waals surface area contributed by atoms with Crippen LogP contribution in [0.5, 0.6) is 0 Å². The Balaban J connectivity index is 1.20. The molecule has 4 rings (SSSR count). The van der Waals surface area contributed by atoms with Gasteiger partial charge in [0.2, 0.25) is 17.7 Å². The number of thiazole rings is 1. The predicted octanol–water partition coefficient (Wildman–Crippen LogP) is 4.83. The summed E-state index contributed by atoms with van der Waals surface area (Å²) < 4.78 is 10.4. The highest BCUT2D eigenvalue weighted by Gasteiger charge is 2.44. The second-order valence-corrected chi connectivity index (χ2v) is 14.7. The largest absolute Gasteiger partial charge is 0.465 e. The normalized spacial score (nSPS) is 16.6. The number of nitrogens with zero attached hydrogens (tertiary/aromatic N) is 2. The number of aliphatic hydroxyl groups is 1. The van der Waals surface area contributed by atoms with Crippen molar-refractivity contribution in [1.82, 2.24) is 20.5 Å². The number of aliphatic hydroxyl groups excluding tert-OH is 1. The zero-order chi connectivity index (χ0) is 36.3. The van der Waals surface area contributed by atoms with Crippen LogP contribution in [0.2, 0.25) is 0 Å². The van der Waals surface area contributed by atoms with Gasteiger partial charge < -0.3 is 30.1 Å². The fourth-order valence-corrected chi connectivity index (χ4v) is 6.77. The van der Waals surface area contributed by atoms with Gasteiger partial charge in [-0.1, -0.05) is 70.0 Å². The zero-order valence-corrected chi connectivity index (χ0v) is 30.5. The Labute approximate surface area is 298 Å². The lowest BCUT2D eigenvalue weighted by Gasteiger charge is -2.35. The van der Waals surface area contributed by atoms with Crippen LogP contribution in [-0.4, -0.2) is 83.7 Å². The van der Waals surface area contributed by atoms with Crippen molar-refractivity contribution >= 4 is 35.0 Å². The third-order valence-corrected chi connectivity index (χ3v) is 9.80. The minimum atomic E-state index is -0.913. The van der Waals surface area contributed by atoms with Gasteiger partial charge in [-0.3, -0.25) is 14.4 Å². The molecule has 2 heterocycles. The van der Waals surface area contributed by atoms with Crippen LogP contribution in [0, 0.1) is 12.3 Å². The maximum atomic E-state index is 13.8. The molecule has 1 fully saturated rings. The highest BCUT2D eigenvalue weighted by atomic mass is 32.1. The van der Waals surface area contributed by atoms with Crippen LogP contribution >= 0.6 is 11.3 Å². The Morgan fingerprint density at radius 1 is 1.00 bits per heavy atom. The number of unbranched alkanes of at least 4 members (excludes halogenated alkanes) is 3. The van der Waals surface area contributed by atoms with Crippen molar-refractivity contribution < 1.29 is 33.8 Å². The van der Waals surface area contributed by atoms with Crippen LogP contribution in [0.15, 0.2) is 54.0 Å². The van der Waals surface area contributed by atoms with Crippen molar-refractivity contribution in [2.45, 2.75) is 91.0 Å². The highest BCUT2D eigenvalue weighted by Crippen LogP contribution is 2.28. The summed E-state index contributed by atoms with van der Waals surface area (Å²) >= 11 is 1.58. The number of carbonyl (C=O) groups excluding carboxylic acids is 4. The first kappa shape index (κ1) is 38.7. The summed E-state index contributed by atoms with van der Waals surface area (Å²) in [6.07, 6.45) is 3.94. The molecule has 1 saturated heterocycles. The molecular formula is C38H50N4O7S. The number of methoxy groups -OCH3 is 1. The molecule has 0 aliphatic carbocycles. The molecule has 3 N–H and O–H groups in total. The molecule has 2 aromatic carbocycles. The van der Waals surface area contributed by atoms with Crippen molar-refractivity contribution in [1.29, 1.82) is 0 Å². The summed E-state index contributed by atoms with van der Waals surface area (Å²) in [6.45, 7) is 8.05. The van der Waals surface area contributed by atoms with E-state index >= 15 is 0 Å². The predicted molar refractivity (Wildman–Crippen MR) is 192 cm³/mol. The average molecular weight is 707 g/mol. The topological polar surface area (TPSA) is 147 Å². The first-order valence-electron chi connectivity index (χ1n) is 17.2. The van der Waals surface area contributed by atoms with Gasteiger partial charge in [-0.05, 0) is 60.4 Å². The van der Waals surface area contributed by atoms with E-state index in [1.165, 1.54) is 12.0 Å². The molecule has 0 spiro atoms. The third kappa shape index (κ3) is 10.9. The quantitative estimate of drug-likeness (QED) is 0.142. The Kier molecular flexibility index (Phi) is 14.1. The second kappa shape index (κ2) is 18.2. The number of β-amino-alcohol motifs (C(OH)–C–C–N with tert-alkyl or cyclic N) is 1. The number of hydrogen-bond acceptors (Lipinski definition) is 9. The Morgan fingerprint density at radius 2 is 1.68 bits per heavy atom. The first-order valence-corrected chi connectivity index (χ1v) is 18.1. The standard InChI is InChI=1S/C38H50N4O7S/c1-25-33(50-24-40-25)28-15-13-27(14-16-28)21-39-35(45)31-20-30(43)22-42(31)36(46)34(38(2,3)4)41-32(44)23-49-19-9-7-6-8-10-26-11-17-29(18-12-26)37(47)48-5/h11-18,24,30-31,34,43H,6-10,19-23H2,1-5H3,(H,39,45)(H,41,44)/t30-,31+,34-/m1/s1. The highest BCUT2D eigenvalue weighted by molar-refractivity contribution is 7.13. The molecule has 12 heteroatoms. The fourth-order valence-electron chi connectivity index (χ4n) is 5.96. The van der Waals surface area contributed by atoms with E-state index in [-0.39, 0.29) is 38.0 Å². The molecule has 270 valence electrons. The molecule has 11 nitrogen and oxygen atoms in total. The summed E-state index contributed by atoms with van der Waals surface area (Å²) in [7, 11) is 1.37. The van der Waals surface area contributed by atoms with E-state index in [1.807, 2.05) is 69.6 Å². The first-order chi connectivity index (χ1) is 23.9. The van der Waals surface area contributed by atoms with Gasteiger partial charge in [-0.25, -0.2) is 9.78 Å². The Morgan fingerprint density at radius 3 is 2.32 bits per heavy atom. The molecule has 0 saturated carbocycles. The van der Waals surface area contributed by atoms with Gasteiger partial charge in [-0.15, -0.1) is 11.3 Å². The summed E-state index contributed by atoms with van der Waals surface area (Å²) in [5, 5.41) is 16.2. The van der Waals surface area contributed by atoms with Crippen LogP contribution in [0.3, 0.4) is 0 Å². The lowest BCUT2D eigenvalue weighted by atomic mass is 9.85. The van der Waals surface area contributed by atoms with Crippen molar-refractivity contribution in [3.63, 3.8) is 0 Å². The SMILES string of the molecule is COC(=O)c1ccc(CCCCCCOCC(=O)N[C@H](C(=O)N2C[C@H](O)C[C@H]2C(=O)NCc2ccc(-c3scnc3C)cc2)C(C)(C)C)cc1. The van der Waals surface area contributed by atoms with Crippen LogP contribution in [-0.2, 0) is 36.8 Å². The van der Waals surface area contributed by atoms with Crippen molar-refractivity contribution in [3.8, 4) is 10.4 Å². The molecule has 3 aromatic rings. The lowest BCUT2D eigenvalue weighted by molar-refractivity contribution is -0.144. The van der Waals surface area contributed by atoms with E-state index in [0.29, 0.717) is 12.2 Å². The molecular weight excluding hydrogens is 657 g/mol. The lowest BCUT2D eigenvalue weighted by Crippen LogP contribution is -2.58. The number of nitrogens with one attached hydrogen (secondary N) is 2. The number of likely N-dealkylation sites (tertiary alicyclic amines) is 1. The van der Waals surface area contributed by atoms with Gasteiger partial charge in [0.15, 0.2) is 0 Å². The summed E-state index contributed by atoms with van der Waals surface area (Å²) in [5.41, 5.74) is 5.80. The summed E-state index contributed by atoms with van der Waals surface area (Å²) in [5.74, 6) is -1.52. The van der Waals surface area contributed by atoms with Gasteiger partial charge in [0, 0.05) is 26.1 Å². The number of ether oxygens (including phenoxy) is 2. The summed E-state index contributed by atoms with van der Waals surface area (Å²) in [6, 6.07) is 13.6. The van der Waals surface area contributed by atoms with Gasteiger partial charge in [-0.2, -0.15) is 0 Å². The van der Waals surface area contributed by atoms with E-state index in [0.717, 1.165) is 59.4 Å². The van der Waals surface area contributed by atoms with Crippen LogP contribution < -0.4 is 10.6 Å². The van der Waals surface area contributed by atoms with Gasteiger partial charge in [0.25, 0.3) is 0 Å². The number of rotatable bonds is 16. The molecule has 0 radical (unpaired) electrons. The van der Waals surface area contributed by atoms with E-state index < -0.39 is 35.4 Å². The zero-order valence-electron chi connectivity index (χ0n) is 29.7. The molecule has 3 atom stereocenters. The maximum Gasteiger partial charge on any atom is 0.337 e. The van der Waals surface area contributed by atoms with E-state index in [9.17, 15) is 24.3 Å². The van der Waals surface area contributed by atoms with Gasteiger partial charge in [0.1, 0.15) is 18.7 Å². The summed E-state index contributed by atoms with van der Waals surface area (Å²) in [4.78, 5) is 58.4. The van der Waals surface area contributed by atoms with Gasteiger partial charge >= 0.3 is 5.97 Å². The van der Waals surface area contributed by atoms with Crippen molar-refractivity contribution in [2.24, 2.45) is 5.41 Å². The monoisotopic (exact) mass is 706 g/mol. The van der Waals surface area contributed by atoms with Gasteiger partial charge in [0.05, 0.1) is 34.9 Å². The number of hydrogen-bond donors (Lipinski definition) is 3. The molecule has 50 heavy (non-hydrogen) atoms. The number of esters is 1. The molecule has 1 aliphatic rings. The molecule has 3 amide bonds. The number of benzene rings is 2. The van der Waals surface area contributed by atoms with Crippen LogP contribution in [0.4, 0.5) is 0 Å². The number of carbonyl (C=O) groups is 4. The van der Waals surface area contributed by atoms with Crippen molar-refractivity contribution in [3.05, 3.63) is 76.4 Å². The number of amides is 3. The molecule has 1 aliphatic heterocycles. The molecule has 0 unspecified atom stereocenters. The minimum absolute atomic E-state index is 0.0115. The number of aromatic nitrogens is 1. The third-order valence-electron chi connectivity index (χ3n) is 8.82. The van der Waals surface area contributed by atoms with E-state index in [4.69, 9.17) is 9.47 Å². The van der Waals surface area contributed by atoms with Crippen molar-refractivity contribution in [2.75, 3.05) is 26.9 Å². The Hall–Kier alpha value is -4.13. The van der Waals surface area contributed by atoms with Crippen LogP contribution in [0.1, 0.15) is 80.1 Å². The minimum Gasteiger partial charge on any atom is -0.465 e. The fraction of sp³-hybridized carbons (Fsp3) is 0.500. The molecule has 0 bridgehead atoms. The number of aryl methyl sites for hydroxylation is 2. The second-order valence-electron chi connectivity index (χ2n) is 13.8. The maximum absolute atomic E-state index is 13.8. The van der Waals surface area contributed by atoms with Crippen LogP contribution in [0.25, 0.3) is 10.4 Å².